The van der Waals surface area contributed by atoms with E-state index in [1.165, 1.54) is 7.11 Å². The Labute approximate surface area is 231 Å². The summed E-state index contributed by atoms with van der Waals surface area (Å²) in [6, 6.07) is 12.0. The van der Waals surface area contributed by atoms with E-state index in [4.69, 9.17) is 44.3 Å². The van der Waals surface area contributed by atoms with Gasteiger partial charge in [-0.3, -0.25) is 9.78 Å². The number of piperidine rings is 1. The first-order valence-corrected chi connectivity index (χ1v) is 13.1. The standard InChI is InChI=1S/C27H28Cl3N3O4/c1-36-24-14-20(15-25(26(24)30)37-13-8-19-2-3-21(28)16-23(19)29)27(34)32-17-18-6-11-33(35,12-7-18)22-4-9-31-10-5-22/h2-5,9-10,14-16,18H,6-8,11-13,17H2,1H3,(H,32,34). The Morgan fingerprint density at radius 3 is 2.46 bits per heavy atom. The lowest BCUT2D eigenvalue weighted by molar-refractivity contribution is 0.0940. The van der Waals surface area contributed by atoms with Crippen molar-refractivity contribution >= 4 is 46.4 Å². The molecule has 0 radical (unpaired) electrons. The Hall–Kier alpha value is -2.55. The van der Waals surface area contributed by atoms with Gasteiger partial charge >= 0.3 is 0 Å². The number of nitrogens with zero attached hydrogens (tertiary/aromatic N) is 2. The van der Waals surface area contributed by atoms with E-state index in [-0.39, 0.29) is 21.5 Å². The second-order valence-electron chi connectivity index (χ2n) is 9.02. The summed E-state index contributed by atoms with van der Waals surface area (Å²) in [6.45, 7) is 1.71. The van der Waals surface area contributed by atoms with Crippen molar-refractivity contribution in [1.29, 1.82) is 0 Å². The number of benzene rings is 2. The van der Waals surface area contributed by atoms with Gasteiger partial charge in [-0.2, -0.15) is 0 Å². The quantitative estimate of drug-likeness (QED) is 0.243. The number of methoxy groups -OCH3 is 1. The smallest absolute Gasteiger partial charge is 0.251 e. The lowest BCUT2D eigenvalue weighted by Crippen LogP contribution is -2.50. The van der Waals surface area contributed by atoms with Crippen LogP contribution in [0.5, 0.6) is 11.5 Å². The predicted molar refractivity (Wildman–Crippen MR) is 148 cm³/mol. The molecule has 10 heteroatoms. The first-order chi connectivity index (χ1) is 17.8. The Balaban J connectivity index is 1.34. The third-order valence-corrected chi connectivity index (χ3v) is 7.57. The van der Waals surface area contributed by atoms with Crippen molar-refractivity contribution in [3.63, 3.8) is 0 Å². The van der Waals surface area contributed by atoms with Gasteiger partial charge in [0.05, 0.1) is 26.8 Å². The first kappa shape index (κ1) is 27.5. The minimum absolute atomic E-state index is 0.222. The van der Waals surface area contributed by atoms with Crippen molar-refractivity contribution in [2.24, 2.45) is 5.92 Å². The molecule has 1 aliphatic rings. The van der Waals surface area contributed by atoms with Crippen molar-refractivity contribution in [1.82, 2.24) is 14.9 Å². The molecule has 196 valence electrons. The number of rotatable bonds is 9. The summed E-state index contributed by atoms with van der Waals surface area (Å²) in [7, 11) is 1.48. The molecule has 7 nitrogen and oxygen atoms in total. The Morgan fingerprint density at radius 1 is 1.08 bits per heavy atom. The number of nitrogens with one attached hydrogen (secondary N) is 1. The van der Waals surface area contributed by atoms with E-state index in [0.29, 0.717) is 59.8 Å². The number of carbonyl (C=O) groups excluding carboxylic acids is 1. The maximum atomic E-state index is 13.1. The van der Waals surface area contributed by atoms with Crippen LogP contribution in [0.3, 0.4) is 0 Å². The highest BCUT2D eigenvalue weighted by Crippen LogP contribution is 2.36. The number of pyridine rings is 1. The number of carbonyl (C=O) groups is 1. The highest BCUT2D eigenvalue weighted by atomic mass is 35.5. The normalized spacial score (nSPS) is 19.3. The van der Waals surface area contributed by atoms with Crippen LogP contribution >= 0.6 is 34.8 Å². The van der Waals surface area contributed by atoms with Crippen LogP contribution in [0.15, 0.2) is 54.9 Å². The van der Waals surface area contributed by atoms with Gasteiger partial charge in [0.15, 0.2) is 0 Å². The van der Waals surface area contributed by atoms with Crippen LogP contribution in [0.2, 0.25) is 15.1 Å². The molecule has 37 heavy (non-hydrogen) atoms. The van der Waals surface area contributed by atoms with Crippen LogP contribution in [0.4, 0.5) is 5.69 Å². The second kappa shape index (κ2) is 12.3. The van der Waals surface area contributed by atoms with Crippen molar-refractivity contribution in [3.05, 3.63) is 86.3 Å². The number of hydrogen-bond acceptors (Lipinski definition) is 5. The third kappa shape index (κ3) is 6.86. The largest absolute Gasteiger partial charge is 0.627 e. The second-order valence-corrected chi connectivity index (χ2v) is 10.2. The lowest BCUT2D eigenvalue weighted by Gasteiger charge is -2.46. The highest BCUT2D eigenvalue weighted by Gasteiger charge is 2.29. The molecule has 4 rings (SSSR count). The van der Waals surface area contributed by atoms with Crippen LogP contribution in [0.25, 0.3) is 0 Å². The molecule has 1 amide bonds. The third-order valence-electron chi connectivity index (χ3n) is 6.61. The maximum Gasteiger partial charge on any atom is 0.251 e. The molecular weight excluding hydrogens is 537 g/mol. The van der Waals surface area contributed by atoms with Gasteiger partial charge in [0.25, 0.3) is 5.91 Å². The highest BCUT2D eigenvalue weighted by molar-refractivity contribution is 6.35. The zero-order valence-corrected chi connectivity index (χ0v) is 22.7. The fraction of sp³-hybridized carbons (Fsp3) is 0.333. The molecule has 0 atom stereocenters. The van der Waals surface area contributed by atoms with Gasteiger partial charge in [-0.1, -0.05) is 40.9 Å². The summed E-state index contributed by atoms with van der Waals surface area (Å²) in [5.74, 6) is 0.653. The SMILES string of the molecule is COc1cc(C(=O)NCC2CC[N+]([O-])(c3ccncc3)CC2)cc(OCCc2ccc(Cl)cc2Cl)c1Cl. The van der Waals surface area contributed by atoms with E-state index in [2.05, 4.69) is 10.3 Å². The number of hydrogen-bond donors (Lipinski definition) is 1. The summed E-state index contributed by atoms with van der Waals surface area (Å²) in [6.07, 6.45) is 5.26. The van der Waals surface area contributed by atoms with Crippen LogP contribution in [0.1, 0.15) is 28.8 Å². The van der Waals surface area contributed by atoms with Gasteiger partial charge in [0, 0.05) is 65.9 Å². The van der Waals surface area contributed by atoms with Crippen molar-refractivity contribution in [2.45, 2.75) is 19.3 Å². The van der Waals surface area contributed by atoms with E-state index in [0.717, 1.165) is 24.1 Å². The molecular formula is C27H28Cl3N3O4. The summed E-state index contributed by atoms with van der Waals surface area (Å²) in [5.41, 5.74) is 1.99. The van der Waals surface area contributed by atoms with Crippen LogP contribution in [0, 0.1) is 11.1 Å². The van der Waals surface area contributed by atoms with E-state index < -0.39 is 0 Å². The van der Waals surface area contributed by atoms with Gasteiger partial charge in [-0.25, -0.2) is 0 Å². The molecule has 2 aromatic carbocycles. The molecule has 0 bridgehead atoms. The van der Waals surface area contributed by atoms with Crippen LogP contribution < -0.4 is 19.4 Å². The zero-order chi connectivity index (χ0) is 26.4. The van der Waals surface area contributed by atoms with Crippen LogP contribution in [-0.4, -0.2) is 44.2 Å². The number of aromatic nitrogens is 1. The number of hydroxylamine groups is 2. The Kier molecular flexibility index (Phi) is 9.16. The van der Waals surface area contributed by atoms with Crippen molar-refractivity contribution in [2.75, 3.05) is 33.4 Å². The van der Waals surface area contributed by atoms with Gasteiger partial charge in [-0.05, 0) is 35.7 Å². The number of ether oxygens (including phenoxy) is 2. The van der Waals surface area contributed by atoms with Crippen LogP contribution in [-0.2, 0) is 6.42 Å². The molecule has 0 aliphatic carbocycles. The van der Waals surface area contributed by atoms with Crippen molar-refractivity contribution in [3.8, 4) is 11.5 Å². The molecule has 0 spiro atoms. The molecule has 3 aromatic rings. The average Bonchev–Trinajstić information content (AvgIpc) is 2.91. The topological polar surface area (TPSA) is 83.5 Å². The maximum absolute atomic E-state index is 13.1. The number of halogens is 3. The monoisotopic (exact) mass is 563 g/mol. The molecule has 1 aliphatic heterocycles. The van der Waals surface area contributed by atoms with E-state index >= 15 is 0 Å². The van der Waals surface area contributed by atoms with Gasteiger partial charge < -0.3 is 24.6 Å². The summed E-state index contributed by atoms with van der Waals surface area (Å²) in [5, 5.41) is 17.5. The molecule has 1 aromatic heterocycles. The van der Waals surface area contributed by atoms with Gasteiger partial charge in [0.1, 0.15) is 22.2 Å². The van der Waals surface area contributed by atoms with Gasteiger partial charge in [0.2, 0.25) is 0 Å². The summed E-state index contributed by atoms with van der Waals surface area (Å²) < 4.78 is 10.9. The van der Waals surface area contributed by atoms with Gasteiger partial charge in [-0.15, -0.1) is 0 Å². The Morgan fingerprint density at radius 2 is 1.78 bits per heavy atom. The minimum Gasteiger partial charge on any atom is -0.627 e. The molecule has 0 unspecified atom stereocenters. The molecule has 1 fully saturated rings. The minimum atomic E-state index is -0.358. The van der Waals surface area contributed by atoms with E-state index in [9.17, 15) is 10.0 Å². The van der Waals surface area contributed by atoms with Crippen molar-refractivity contribution < 1.29 is 14.3 Å². The lowest BCUT2D eigenvalue weighted by atomic mass is 9.95. The number of amides is 1. The first-order valence-electron chi connectivity index (χ1n) is 12.0. The van der Waals surface area contributed by atoms with E-state index in [1.807, 2.05) is 6.07 Å². The zero-order valence-electron chi connectivity index (χ0n) is 20.4. The molecule has 1 N–H and O–H groups in total. The molecule has 0 saturated carbocycles. The average molecular weight is 565 g/mol. The number of quaternary nitrogens is 1. The molecule has 2 heterocycles. The fourth-order valence-electron chi connectivity index (χ4n) is 4.41. The fourth-order valence-corrected chi connectivity index (χ4v) is 5.15. The summed E-state index contributed by atoms with van der Waals surface area (Å²) in [4.78, 5) is 17.0. The molecule has 1 saturated heterocycles. The summed E-state index contributed by atoms with van der Waals surface area (Å²) >= 11 is 18.6. The van der Waals surface area contributed by atoms with E-state index in [1.54, 1.807) is 48.8 Å². The Bertz CT molecular complexity index is 1240. The predicted octanol–water partition coefficient (Wildman–Crippen LogP) is 6.32.